The number of nitrogens with one attached hydrogen (secondary N) is 1. The first-order chi connectivity index (χ1) is 11.3. The molecule has 1 heterocycles. The fraction of sp³-hybridized carbons (Fsp3) is 0.188. The van der Waals surface area contributed by atoms with Gasteiger partial charge in [0.1, 0.15) is 34.8 Å². The number of nitriles is 2. The first kappa shape index (κ1) is 18.1. The average Bonchev–Trinajstić information content (AvgIpc) is 2.48. The van der Waals surface area contributed by atoms with E-state index in [1.54, 1.807) is 12.1 Å². The number of ether oxygens (including phenoxy) is 1. The van der Waals surface area contributed by atoms with Crippen molar-refractivity contribution in [3.63, 3.8) is 0 Å². The van der Waals surface area contributed by atoms with Crippen LogP contribution >= 0.6 is 31.9 Å². The summed E-state index contributed by atoms with van der Waals surface area (Å²) >= 11 is 6.79. The van der Waals surface area contributed by atoms with Gasteiger partial charge in [-0.3, -0.25) is 4.79 Å². The molecule has 0 saturated heterocycles. The summed E-state index contributed by atoms with van der Waals surface area (Å²) < 4.78 is 7.13. The van der Waals surface area contributed by atoms with Gasteiger partial charge in [-0.25, -0.2) is 0 Å². The van der Waals surface area contributed by atoms with E-state index in [4.69, 9.17) is 10.5 Å². The van der Waals surface area contributed by atoms with Crippen LogP contribution in [0.3, 0.4) is 0 Å². The topological polar surface area (TPSA) is 116 Å². The number of aromatic nitrogens is 1. The SMILES string of the molecule is CC(C)Oc1c(Br)cc(Br)cc1-c1c(C#N)c(N)[nH]c(=O)c1C#N. The van der Waals surface area contributed by atoms with E-state index in [1.165, 1.54) is 0 Å². The van der Waals surface area contributed by atoms with Gasteiger partial charge in [0, 0.05) is 15.6 Å². The standard InChI is InChI=1S/C16H12Br2N4O2/c1-7(2)24-14-9(3-8(17)4-12(14)18)13-10(5-19)15(21)22-16(23)11(13)6-20/h3-4,7H,1-2H3,(H3,21,22,23). The van der Waals surface area contributed by atoms with E-state index in [0.717, 1.165) is 0 Å². The Kier molecular flexibility index (Phi) is 5.33. The summed E-state index contributed by atoms with van der Waals surface area (Å²) in [6.07, 6.45) is -0.156. The van der Waals surface area contributed by atoms with Crippen molar-refractivity contribution in [2.24, 2.45) is 0 Å². The molecule has 0 unspecified atom stereocenters. The summed E-state index contributed by atoms with van der Waals surface area (Å²) in [4.78, 5) is 14.4. The van der Waals surface area contributed by atoms with Gasteiger partial charge in [0.25, 0.3) is 5.56 Å². The number of nitrogen functional groups attached to an aromatic ring is 1. The Morgan fingerprint density at radius 1 is 1.21 bits per heavy atom. The van der Waals surface area contributed by atoms with Crippen molar-refractivity contribution in [1.82, 2.24) is 4.98 Å². The largest absolute Gasteiger partial charge is 0.489 e. The zero-order valence-corrected chi connectivity index (χ0v) is 15.9. The first-order valence-corrected chi connectivity index (χ1v) is 8.40. The van der Waals surface area contributed by atoms with Gasteiger partial charge < -0.3 is 15.5 Å². The molecule has 0 aliphatic heterocycles. The summed E-state index contributed by atoms with van der Waals surface area (Å²) in [6, 6.07) is 7.25. The molecular formula is C16H12Br2N4O2. The van der Waals surface area contributed by atoms with E-state index < -0.39 is 5.56 Å². The highest BCUT2D eigenvalue weighted by atomic mass is 79.9. The average molecular weight is 452 g/mol. The third kappa shape index (κ3) is 3.30. The molecular weight excluding hydrogens is 440 g/mol. The molecule has 0 spiro atoms. The van der Waals surface area contributed by atoms with E-state index in [0.29, 0.717) is 20.3 Å². The number of hydrogen-bond acceptors (Lipinski definition) is 5. The van der Waals surface area contributed by atoms with Gasteiger partial charge in [0.15, 0.2) is 0 Å². The third-order valence-corrected chi connectivity index (χ3v) is 4.15. The molecule has 24 heavy (non-hydrogen) atoms. The van der Waals surface area contributed by atoms with Crippen LogP contribution in [0, 0.1) is 22.7 Å². The van der Waals surface area contributed by atoms with E-state index in [9.17, 15) is 15.3 Å². The number of rotatable bonds is 3. The van der Waals surface area contributed by atoms with E-state index in [2.05, 4.69) is 36.8 Å². The first-order valence-electron chi connectivity index (χ1n) is 6.82. The lowest BCUT2D eigenvalue weighted by molar-refractivity contribution is 0.242. The molecule has 0 radical (unpaired) electrons. The van der Waals surface area contributed by atoms with Crippen molar-refractivity contribution in [1.29, 1.82) is 10.5 Å². The Labute approximate surface area is 155 Å². The number of nitrogens with zero attached hydrogens (tertiary/aromatic N) is 2. The molecule has 1 aromatic carbocycles. The lowest BCUT2D eigenvalue weighted by atomic mass is 9.96. The highest BCUT2D eigenvalue weighted by molar-refractivity contribution is 9.11. The van der Waals surface area contributed by atoms with Gasteiger partial charge in [0.2, 0.25) is 0 Å². The van der Waals surface area contributed by atoms with Crippen LogP contribution in [-0.4, -0.2) is 11.1 Å². The Balaban J connectivity index is 3.00. The number of benzene rings is 1. The fourth-order valence-corrected chi connectivity index (χ4v) is 3.53. The molecule has 1 aromatic heterocycles. The molecule has 0 amide bonds. The third-order valence-electron chi connectivity index (χ3n) is 3.10. The Hall–Kier alpha value is -2.29. The fourth-order valence-electron chi connectivity index (χ4n) is 2.21. The number of pyridine rings is 1. The van der Waals surface area contributed by atoms with Gasteiger partial charge in [-0.15, -0.1) is 0 Å². The summed E-state index contributed by atoms with van der Waals surface area (Å²) in [7, 11) is 0. The van der Waals surface area contributed by atoms with Crippen LogP contribution in [0.15, 0.2) is 25.9 Å². The highest BCUT2D eigenvalue weighted by Crippen LogP contribution is 2.42. The molecule has 0 atom stereocenters. The molecule has 0 aliphatic carbocycles. The lowest BCUT2D eigenvalue weighted by Crippen LogP contribution is -2.17. The number of aromatic amines is 1. The number of H-pyrrole nitrogens is 1. The van der Waals surface area contributed by atoms with E-state index in [-0.39, 0.29) is 28.6 Å². The molecule has 0 bridgehead atoms. The number of hydrogen-bond donors (Lipinski definition) is 2. The van der Waals surface area contributed by atoms with Crippen LogP contribution in [-0.2, 0) is 0 Å². The second-order valence-corrected chi connectivity index (χ2v) is 6.92. The maximum atomic E-state index is 12.1. The zero-order chi connectivity index (χ0) is 18.0. The molecule has 0 saturated carbocycles. The summed E-state index contributed by atoms with van der Waals surface area (Å²) in [6.45, 7) is 3.70. The monoisotopic (exact) mass is 450 g/mol. The van der Waals surface area contributed by atoms with Crippen LogP contribution in [0.1, 0.15) is 25.0 Å². The lowest BCUT2D eigenvalue weighted by Gasteiger charge is -2.18. The minimum atomic E-state index is -0.657. The minimum Gasteiger partial charge on any atom is -0.489 e. The highest BCUT2D eigenvalue weighted by Gasteiger charge is 2.23. The number of anilines is 1. The van der Waals surface area contributed by atoms with Gasteiger partial charge in [-0.1, -0.05) is 15.9 Å². The molecule has 122 valence electrons. The van der Waals surface area contributed by atoms with Crippen molar-refractivity contribution in [3.05, 3.63) is 42.6 Å². The van der Waals surface area contributed by atoms with Gasteiger partial charge in [0.05, 0.1) is 10.6 Å². The molecule has 0 fully saturated rings. The summed E-state index contributed by atoms with van der Waals surface area (Å²) in [5.74, 6) is 0.328. The van der Waals surface area contributed by atoms with Gasteiger partial charge in [-0.05, 0) is 41.9 Å². The Morgan fingerprint density at radius 2 is 1.83 bits per heavy atom. The molecule has 8 heteroatoms. The summed E-state index contributed by atoms with van der Waals surface area (Å²) in [5.41, 5.74) is 5.51. The number of nitrogens with two attached hydrogens (primary N) is 1. The predicted octanol–water partition coefficient (Wildman–Crippen LogP) is 3.68. The van der Waals surface area contributed by atoms with Crippen molar-refractivity contribution >= 4 is 37.7 Å². The predicted molar refractivity (Wildman–Crippen MR) is 97.5 cm³/mol. The van der Waals surface area contributed by atoms with Crippen LogP contribution in [0.5, 0.6) is 5.75 Å². The Bertz CT molecular complexity index is 953. The maximum absolute atomic E-state index is 12.1. The molecule has 2 rings (SSSR count). The van der Waals surface area contributed by atoms with Crippen LogP contribution in [0.2, 0.25) is 0 Å². The zero-order valence-electron chi connectivity index (χ0n) is 12.8. The minimum absolute atomic E-state index is 0.0183. The molecule has 3 N–H and O–H groups in total. The van der Waals surface area contributed by atoms with Crippen molar-refractivity contribution in [3.8, 4) is 29.0 Å². The smallest absolute Gasteiger partial charge is 0.268 e. The number of halogens is 2. The second kappa shape index (κ2) is 7.08. The van der Waals surface area contributed by atoms with Crippen LogP contribution in [0.25, 0.3) is 11.1 Å². The summed E-state index contributed by atoms with van der Waals surface area (Å²) in [5, 5.41) is 18.9. The maximum Gasteiger partial charge on any atom is 0.268 e. The molecule has 0 aliphatic rings. The van der Waals surface area contributed by atoms with Crippen molar-refractivity contribution in [2.45, 2.75) is 20.0 Å². The van der Waals surface area contributed by atoms with Crippen molar-refractivity contribution in [2.75, 3.05) is 5.73 Å². The van der Waals surface area contributed by atoms with Crippen LogP contribution < -0.4 is 16.0 Å². The Morgan fingerprint density at radius 3 is 2.38 bits per heavy atom. The van der Waals surface area contributed by atoms with E-state index >= 15 is 0 Å². The normalized spacial score (nSPS) is 10.3. The van der Waals surface area contributed by atoms with Crippen LogP contribution in [0.4, 0.5) is 5.82 Å². The van der Waals surface area contributed by atoms with Gasteiger partial charge >= 0.3 is 0 Å². The molecule has 6 nitrogen and oxygen atoms in total. The molecule has 2 aromatic rings. The van der Waals surface area contributed by atoms with Gasteiger partial charge in [-0.2, -0.15) is 10.5 Å². The quantitative estimate of drug-likeness (QED) is 0.738. The van der Waals surface area contributed by atoms with E-state index in [1.807, 2.05) is 26.0 Å². The second-order valence-electron chi connectivity index (χ2n) is 5.15. The van der Waals surface area contributed by atoms with Crippen molar-refractivity contribution < 1.29 is 4.74 Å².